The number of amides is 1. The summed E-state index contributed by atoms with van der Waals surface area (Å²) in [5.74, 6) is 0.655. The molecular formula is C19H27N3O2. The van der Waals surface area contributed by atoms with E-state index in [1.165, 1.54) is 0 Å². The predicted molar refractivity (Wildman–Crippen MR) is 91.4 cm³/mol. The van der Waals surface area contributed by atoms with Crippen molar-refractivity contribution >= 4 is 5.91 Å². The van der Waals surface area contributed by atoms with Crippen LogP contribution < -0.4 is 0 Å². The highest BCUT2D eigenvalue weighted by molar-refractivity contribution is 5.82. The molecule has 1 spiro atoms. The summed E-state index contributed by atoms with van der Waals surface area (Å²) in [6.07, 6.45) is 3.40. The van der Waals surface area contributed by atoms with Crippen LogP contribution in [0.5, 0.6) is 0 Å². The molecule has 2 saturated heterocycles. The van der Waals surface area contributed by atoms with Gasteiger partial charge in [0.2, 0.25) is 5.91 Å². The van der Waals surface area contributed by atoms with Gasteiger partial charge in [0.25, 0.3) is 0 Å². The fourth-order valence-electron chi connectivity index (χ4n) is 4.33. The number of piperidine rings is 1. The SMILES string of the molecule is Cc1cccc(CN2CCC3(CC2)C[C@@H]3C(=O)N2CCOCC2)n1. The molecular weight excluding hydrogens is 302 g/mol. The highest BCUT2D eigenvalue weighted by atomic mass is 16.5. The van der Waals surface area contributed by atoms with E-state index in [0.717, 1.165) is 63.4 Å². The largest absolute Gasteiger partial charge is 0.378 e. The molecule has 1 amide bonds. The Hall–Kier alpha value is -1.46. The molecule has 0 aromatic carbocycles. The van der Waals surface area contributed by atoms with Crippen LogP contribution in [0.3, 0.4) is 0 Å². The normalized spacial score (nSPS) is 26.5. The summed E-state index contributed by atoms with van der Waals surface area (Å²) in [5, 5.41) is 0. The summed E-state index contributed by atoms with van der Waals surface area (Å²) < 4.78 is 5.36. The molecule has 24 heavy (non-hydrogen) atoms. The van der Waals surface area contributed by atoms with Gasteiger partial charge in [0, 0.05) is 31.2 Å². The minimum Gasteiger partial charge on any atom is -0.378 e. The summed E-state index contributed by atoms with van der Waals surface area (Å²) in [6, 6.07) is 6.24. The van der Waals surface area contributed by atoms with Gasteiger partial charge in [0.1, 0.15) is 0 Å². The van der Waals surface area contributed by atoms with Crippen molar-refractivity contribution < 1.29 is 9.53 Å². The van der Waals surface area contributed by atoms with E-state index in [1.54, 1.807) is 0 Å². The fraction of sp³-hybridized carbons (Fsp3) is 0.684. The van der Waals surface area contributed by atoms with Gasteiger partial charge < -0.3 is 9.64 Å². The van der Waals surface area contributed by atoms with Gasteiger partial charge in [-0.05, 0) is 56.8 Å². The summed E-state index contributed by atoms with van der Waals surface area (Å²) in [4.78, 5) is 21.8. The average molecular weight is 329 g/mol. The first-order valence-corrected chi connectivity index (χ1v) is 9.18. The Morgan fingerprint density at radius 2 is 2.00 bits per heavy atom. The Kier molecular flexibility index (Phi) is 4.31. The molecule has 3 heterocycles. The first-order valence-electron chi connectivity index (χ1n) is 9.18. The Bertz CT molecular complexity index is 604. The number of carbonyl (C=O) groups is 1. The van der Waals surface area contributed by atoms with E-state index in [0.29, 0.717) is 24.5 Å². The van der Waals surface area contributed by atoms with Gasteiger partial charge in [-0.25, -0.2) is 0 Å². The van der Waals surface area contributed by atoms with Crippen molar-refractivity contribution in [3.05, 3.63) is 29.6 Å². The van der Waals surface area contributed by atoms with Crippen molar-refractivity contribution in [1.29, 1.82) is 0 Å². The van der Waals surface area contributed by atoms with Crippen LogP contribution in [0, 0.1) is 18.3 Å². The number of hydrogen-bond donors (Lipinski definition) is 0. The van der Waals surface area contributed by atoms with Gasteiger partial charge in [-0.15, -0.1) is 0 Å². The Morgan fingerprint density at radius 1 is 1.25 bits per heavy atom. The van der Waals surface area contributed by atoms with E-state index in [-0.39, 0.29) is 5.92 Å². The van der Waals surface area contributed by atoms with Gasteiger partial charge in [-0.1, -0.05) is 6.07 Å². The fourth-order valence-corrected chi connectivity index (χ4v) is 4.33. The number of hydrogen-bond acceptors (Lipinski definition) is 4. The van der Waals surface area contributed by atoms with Crippen LogP contribution in [0.25, 0.3) is 0 Å². The number of ether oxygens (including phenoxy) is 1. The zero-order valence-electron chi connectivity index (χ0n) is 14.5. The van der Waals surface area contributed by atoms with Gasteiger partial charge in [-0.2, -0.15) is 0 Å². The maximum Gasteiger partial charge on any atom is 0.226 e. The lowest BCUT2D eigenvalue weighted by molar-refractivity contribution is -0.137. The third-order valence-electron chi connectivity index (χ3n) is 5.99. The van der Waals surface area contributed by atoms with Crippen molar-refractivity contribution in [3.8, 4) is 0 Å². The molecule has 4 rings (SSSR count). The molecule has 0 bridgehead atoms. The predicted octanol–water partition coefficient (Wildman–Crippen LogP) is 1.85. The number of rotatable bonds is 3. The Balaban J connectivity index is 1.29. The summed E-state index contributed by atoms with van der Waals surface area (Å²) >= 11 is 0. The Morgan fingerprint density at radius 3 is 2.71 bits per heavy atom. The third-order valence-corrected chi connectivity index (χ3v) is 5.99. The van der Waals surface area contributed by atoms with Gasteiger partial charge >= 0.3 is 0 Å². The molecule has 130 valence electrons. The average Bonchev–Trinajstić information content (AvgIpc) is 3.31. The second-order valence-corrected chi connectivity index (χ2v) is 7.60. The van der Waals surface area contributed by atoms with Crippen LogP contribution in [0.2, 0.25) is 0 Å². The van der Waals surface area contributed by atoms with Crippen molar-refractivity contribution in [3.63, 3.8) is 0 Å². The monoisotopic (exact) mass is 329 g/mol. The van der Waals surface area contributed by atoms with E-state index in [1.807, 2.05) is 17.9 Å². The van der Waals surface area contributed by atoms with Crippen molar-refractivity contribution in [2.75, 3.05) is 39.4 Å². The topological polar surface area (TPSA) is 45.7 Å². The molecule has 1 aromatic rings. The van der Waals surface area contributed by atoms with Crippen LogP contribution in [0.4, 0.5) is 0 Å². The number of aryl methyl sites for hydroxylation is 1. The first-order chi connectivity index (χ1) is 11.7. The molecule has 3 aliphatic rings. The number of aromatic nitrogens is 1. The minimum absolute atomic E-state index is 0.273. The highest BCUT2D eigenvalue weighted by Gasteiger charge is 2.59. The van der Waals surface area contributed by atoms with Gasteiger partial charge in [0.05, 0.1) is 18.9 Å². The van der Waals surface area contributed by atoms with E-state index in [4.69, 9.17) is 4.74 Å². The van der Waals surface area contributed by atoms with E-state index >= 15 is 0 Å². The highest BCUT2D eigenvalue weighted by Crippen LogP contribution is 2.60. The Labute approximate surface area is 144 Å². The van der Waals surface area contributed by atoms with E-state index in [9.17, 15) is 4.79 Å². The minimum atomic E-state index is 0.273. The molecule has 1 aliphatic carbocycles. The maximum atomic E-state index is 12.7. The quantitative estimate of drug-likeness (QED) is 0.849. The van der Waals surface area contributed by atoms with Crippen LogP contribution in [-0.2, 0) is 16.1 Å². The van der Waals surface area contributed by atoms with Crippen molar-refractivity contribution in [2.45, 2.75) is 32.7 Å². The number of morpholine rings is 1. The lowest BCUT2D eigenvalue weighted by atomic mass is 9.90. The molecule has 1 aromatic heterocycles. The van der Waals surface area contributed by atoms with Gasteiger partial charge in [0.15, 0.2) is 0 Å². The summed E-state index contributed by atoms with van der Waals surface area (Å²) in [7, 11) is 0. The second-order valence-electron chi connectivity index (χ2n) is 7.60. The number of likely N-dealkylation sites (tertiary alicyclic amines) is 1. The molecule has 0 N–H and O–H groups in total. The number of carbonyl (C=O) groups excluding carboxylic acids is 1. The molecule has 1 saturated carbocycles. The van der Waals surface area contributed by atoms with Crippen molar-refractivity contribution in [2.24, 2.45) is 11.3 Å². The van der Waals surface area contributed by atoms with Crippen LogP contribution in [0.1, 0.15) is 30.7 Å². The zero-order valence-corrected chi connectivity index (χ0v) is 14.5. The number of nitrogens with zero attached hydrogens (tertiary/aromatic N) is 3. The summed E-state index contributed by atoms with van der Waals surface area (Å²) in [6.45, 7) is 8.09. The first kappa shape index (κ1) is 16.0. The lowest BCUT2D eigenvalue weighted by Gasteiger charge is -2.33. The molecule has 0 unspecified atom stereocenters. The molecule has 2 aliphatic heterocycles. The van der Waals surface area contributed by atoms with Crippen LogP contribution in [0.15, 0.2) is 18.2 Å². The molecule has 0 radical (unpaired) electrons. The molecule has 1 atom stereocenters. The molecule has 5 nitrogen and oxygen atoms in total. The van der Waals surface area contributed by atoms with Crippen LogP contribution >= 0.6 is 0 Å². The van der Waals surface area contributed by atoms with Gasteiger partial charge in [-0.3, -0.25) is 14.7 Å². The smallest absolute Gasteiger partial charge is 0.226 e. The molecule has 5 heteroatoms. The van der Waals surface area contributed by atoms with Crippen LogP contribution in [-0.4, -0.2) is 60.1 Å². The third kappa shape index (κ3) is 3.20. The maximum absolute atomic E-state index is 12.7. The molecule has 3 fully saturated rings. The van der Waals surface area contributed by atoms with E-state index in [2.05, 4.69) is 22.0 Å². The van der Waals surface area contributed by atoms with Crippen molar-refractivity contribution in [1.82, 2.24) is 14.8 Å². The van der Waals surface area contributed by atoms with E-state index < -0.39 is 0 Å². The standard InChI is InChI=1S/C19H27N3O2/c1-15-3-2-4-16(20-15)14-21-7-5-19(6-8-21)13-17(19)18(23)22-9-11-24-12-10-22/h2-4,17H,5-14H2,1H3/t17-/m1/s1. The number of pyridine rings is 1. The second kappa shape index (κ2) is 6.45. The summed E-state index contributed by atoms with van der Waals surface area (Å²) in [5.41, 5.74) is 2.54. The zero-order chi connectivity index (χ0) is 16.6. The lowest BCUT2D eigenvalue weighted by Crippen LogP contribution is -2.43.